The first-order valence-corrected chi connectivity index (χ1v) is 8.87. The van der Waals surface area contributed by atoms with Gasteiger partial charge >= 0.3 is 17.9 Å². The number of aliphatic hydroxyl groups is 1. The van der Waals surface area contributed by atoms with E-state index in [0.29, 0.717) is 0 Å². The normalized spacial score (nSPS) is 23.8. The van der Waals surface area contributed by atoms with E-state index in [4.69, 9.17) is 9.47 Å². The molecule has 1 saturated carbocycles. The van der Waals surface area contributed by atoms with E-state index in [-0.39, 0.29) is 17.5 Å². The molecule has 2 N–H and O–H groups in total. The van der Waals surface area contributed by atoms with Gasteiger partial charge in [0.1, 0.15) is 6.10 Å². The minimum atomic E-state index is -1.20. The molecule has 28 heavy (non-hydrogen) atoms. The number of carboxylic acids is 1. The molecule has 1 fully saturated rings. The molecule has 3 rings (SSSR count). The fraction of sp³-hybridized carbons (Fsp3) is 0.286. The van der Waals surface area contributed by atoms with Gasteiger partial charge in [0.2, 0.25) is 0 Å². The van der Waals surface area contributed by atoms with Crippen LogP contribution in [0.4, 0.5) is 0 Å². The summed E-state index contributed by atoms with van der Waals surface area (Å²) in [7, 11) is 0. The van der Waals surface area contributed by atoms with Gasteiger partial charge < -0.3 is 19.7 Å². The summed E-state index contributed by atoms with van der Waals surface area (Å²) in [5.74, 6) is -4.30. The van der Waals surface area contributed by atoms with Crippen molar-refractivity contribution in [3.8, 4) is 0 Å². The molecular weight excluding hydrogens is 364 g/mol. The molecule has 0 aromatic heterocycles. The minimum absolute atomic E-state index is 0.0330. The maximum Gasteiger partial charge on any atom is 0.338 e. The van der Waals surface area contributed by atoms with E-state index in [1.807, 2.05) is 0 Å². The Labute approximate surface area is 161 Å². The summed E-state index contributed by atoms with van der Waals surface area (Å²) in [6.07, 6.45) is -2.23. The smallest absolute Gasteiger partial charge is 0.338 e. The molecular formula is C21H20O7. The molecule has 0 heterocycles. The van der Waals surface area contributed by atoms with Crippen molar-refractivity contribution < 1.29 is 34.1 Å². The number of carbonyl (C=O) groups excluding carboxylic acids is 2. The van der Waals surface area contributed by atoms with E-state index in [2.05, 4.69) is 0 Å². The molecule has 2 aromatic carbocycles. The number of benzene rings is 2. The highest BCUT2D eigenvalue weighted by molar-refractivity contribution is 5.90. The fourth-order valence-corrected chi connectivity index (χ4v) is 3.36. The Morgan fingerprint density at radius 3 is 1.71 bits per heavy atom. The van der Waals surface area contributed by atoms with E-state index in [0.717, 1.165) is 0 Å². The second kappa shape index (κ2) is 8.67. The zero-order chi connectivity index (χ0) is 20.1. The van der Waals surface area contributed by atoms with Crippen molar-refractivity contribution >= 4 is 17.9 Å². The Morgan fingerprint density at radius 1 is 0.821 bits per heavy atom. The van der Waals surface area contributed by atoms with E-state index in [1.165, 1.54) is 0 Å². The summed E-state index contributed by atoms with van der Waals surface area (Å²) in [5.41, 5.74) is 0.540. The van der Waals surface area contributed by atoms with Crippen LogP contribution >= 0.6 is 0 Å². The Kier molecular flexibility index (Phi) is 6.06. The van der Waals surface area contributed by atoms with Gasteiger partial charge in [0.05, 0.1) is 17.0 Å². The third-order valence-corrected chi connectivity index (χ3v) is 4.80. The number of hydrogen-bond acceptors (Lipinski definition) is 6. The summed E-state index contributed by atoms with van der Waals surface area (Å²) in [5, 5.41) is 19.2. The molecule has 0 unspecified atom stereocenters. The van der Waals surface area contributed by atoms with Crippen molar-refractivity contribution in [3.05, 3.63) is 71.8 Å². The van der Waals surface area contributed by atoms with E-state index >= 15 is 0 Å². The van der Waals surface area contributed by atoms with Crippen LogP contribution in [-0.4, -0.2) is 46.9 Å². The number of hydrogen-bond donors (Lipinski definition) is 2. The molecule has 1 aliphatic rings. The summed E-state index contributed by atoms with van der Waals surface area (Å²) < 4.78 is 10.9. The molecule has 2 aromatic rings. The zero-order valence-corrected chi connectivity index (χ0v) is 14.9. The van der Waals surface area contributed by atoms with Crippen LogP contribution < -0.4 is 0 Å². The maximum absolute atomic E-state index is 12.4. The highest BCUT2D eigenvalue weighted by Crippen LogP contribution is 2.37. The van der Waals surface area contributed by atoms with Crippen molar-refractivity contribution in [2.75, 3.05) is 6.61 Å². The van der Waals surface area contributed by atoms with Crippen LogP contribution in [-0.2, 0) is 14.3 Å². The summed E-state index contributed by atoms with van der Waals surface area (Å²) in [4.78, 5) is 36.6. The van der Waals surface area contributed by atoms with Crippen LogP contribution in [0.3, 0.4) is 0 Å². The molecule has 0 amide bonds. The van der Waals surface area contributed by atoms with Crippen molar-refractivity contribution in [2.45, 2.75) is 18.6 Å². The Balaban J connectivity index is 1.84. The van der Waals surface area contributed by atoms with Crippen LogP contribution in [0.5, 0.6) is 0 Å². The lowest BCUT2D eigenvalue weighted by Crippen LogP contribution is -2.40. The van der Waals surface area contributed by atoms with Crippen LogP contribution in [0.1, 0.15) is 27.1 Å². The fourth-order valence-electron chi connectivity index (χ4n) is 3.36. The number of rotatable bonds is 6. The molecule has 7 nitrogen and oxygen atoms in total. The molecule has 0 aliphatic heterocycles. The molecule has 0 spiro atoms. The second-order valence-electron chi connectivity index (χ2n) is 6.59. The Morgan fingerprint density at radius 2 is 1.29 bits per heavy atom. The number of ether oxygens (including phenoxy) is 2. The minimum Gasteiger partial charge on any atom is -0.481 e. The SMILES string of the molecule is O=C(O[C@@H]1[C@@H](CO)C[C@@H](C(=O)O)[C@@H]1OC(=O)c1ccccc1)c1ccccc1. The number of aliphatic hydroxyl groups excluding tert-OH is 1. The lowest BCUT2D eigenvalue weighted by molar-refractivity contribution is -0.146. The van der Waals surface area contributed by atoms with Gasteiger partial charge in [-0.05, 0) is 30.7 Å². The number of esters is 2. The van der Waals surface area contributed by atoms with Gasteiger partial charge in [0, 0.05) is 12.5 Å². The number of carboxylic acid groups (broad SMARTS) is 1. The molecule has 1 aliphatic carbocycles. The van der Waals surface area contributed by atoms with E-state index < -0.39 is 48.6 Å². The predicted molar refractivity (Wildman–Crippen MR) is 97.6 cm³/mol. The highest BCUT2D eigenvalue weighted by Gasteiger charge is 2.51. The highest BCUT2D eigenvalue weighted by atomic mass is 16.6. The number of aliphatic carboxylic acids is 1. The largest absolute Gasteiger partial charge is 0.481 e. The van der Waals surface area contributed by atoms with Gasteiger partial charge in [-0.25, -0.2) is 9.59 Å². The predicted octanol–water partition coefficient (Wildman–Crippen LogP) is 2.15. The van der Waals surface area contributed by atoms with Crippen LogP contribution in [0.15, 0.2) is 60.7 Å². The molecule has 7 heteroatoms. The third-order valence-electron chi connectivity index (χ3n) is 4.80. The third kappa shape index (κ3) is 4.20. The average molecular weight is 384 g/mol. The Hall–Kier alpha value is -3.19. The van der Waals surface area contributed by atoms with Gasteiger partial charge in [-0.1, -0.05) is 36.4 Å². The van der Waals surface area contributed by atoms with Crippen LogP contribution in [0, 0.1) is 11.8 Å². The van der Waals surface area contributed by atoms with Gasteiger partial charge in [-0.3, -0.25) is 4.79 Å². The topological polar surface area (TPSA) is 110 Å². The average Bonchev–Trinajstić information content (AvgIpc) is 3.06. The Bertz CT molecular complexity index is 834. The van der Waals surface area contributed by atoms with Gasteiger partial charge in [0.25, 0.3) is 0 Å². The quantitative estimate of drug-likeness (QED) is 0.734. The monoisotopic (exact) mass is 384 g/mol. The van der Waals surface area contributed by atoms with Crippen molar-refractivity contribution in [2.24, 2.45) is 11.8 Å². The first-order chi connectivity index (χ1) is 13.5. The molecule has 0 saturated heterocycles. The zero-order valence-electron chi connectivity index (χ0n) is 14.9. The summed E-state index contributed by atoms with van der Waals surface area (Å²) in [6, 6.07) is 16.3. The van der Waals surface area contributed by atoms with Gasteiger partial charge in [-0.2, -0.15) is 0 Å². The first-order valence-electron chi connectivity index (χ1n) is 8.87. The van der Waals surface area contributed by atoms with Gasteiger partial charge in [0.15, 0.2) is 6.10 Å². The summed E-state index contributed by atoms with van der Waals surface area (Å²) in [6.45, 7) is -0.393. The first kappa shape index (κ1) is 19.6. The lowest BCUT2D eigenvalue weighted by Gasteiger charge is -2.25. The van der Waals surface area contributed by atoms with Crippen molar-refractivity contribution in [1.82, 2.24) is 0 Å². The lowest BCUT2D eigenvalue weighted by atomic mass is 10.1. The summed E-state index contributed by atoms with van der Waals surface area (Å²) >= 11 is 0. The molecule has 0 radical (unpaired) electrons. The maximum atomic E-state index is 12.4. The van der Waals surface area contributed by atoms with E-state index in [9.17, 15) is 24.6 Å². The molecule has 0 bridgehead atoms. The van der Waals surface area contributed by atoms with Crippen LogP contribution in [0.25, 0.3) is 0 Å². The van der Waals surface area contributed by atoms with Crippen molar-refractivity contribution in [1.29, 1.82) is 0 Å². The number of carbonyl (C=O) groups is 3. The van der Waals surface area contributed by atoms with Gasteiger partial charge in [-0.15, -0.1) is 0 Å². The van der Waals surface area contributed by atoms with E-state index in [1.54, 1.807) is 60.7 Å². The second-order valence-corrected chi connectivity index (χ2v) is 6.59. The van der Waals surface area contributed by atoms with Crippen LogP contribution in [0.2, 0.25) is 0 Å². The standard InChI is InChI=1S/C21H20O7/c22-12-15-11-16(19(23)24)18(28-21(26)14-9-5-2-6-10-14)17(15)27-20(25)13-7-3-1-4-8-13/h1-10,15-18,22H,11-12H2,(H,23,24)/t15-,16-,17-,18+/m1/s1. The van der Waals surface area contributed by atoms with Crippen molar-refractivity contribution in [3.63, 3.8) is 0 Å². The molecule has 146 valence electrons. The molecule has 4 atom stereocenters.